The van der Waals surface area contributed by atoms with Gasteiger partial charge in [0.1, 0.15) is 6.04 Å². The summed E-state index contributed by atoms with van der Waals surface area (Å²) >= 11 is 0. The summed E-state index contributed by atoms with van der Waals surface area (Å²) in [4.78, 5) is 30.3. The molecule has 30 heavy (non-hydrogen) atoms. The third-order valence-electron chi connectivity index (χ3n) is 6.27. The molecule has 1 atom stereocenters. The summed E-state index contributed by atoms with van der Waals surface area (Å²) in [6.07, 6.45) is 1.88. The number of hydrogen-bond donors (Lipinski definition) is 1. The van der Waals surface area contributed by atoms with Crippen LogP contribution in [0.15, 0.2) is 54.6 Å². The fraction of sp³-hybridized carbons (Fsp3) is 0.440. The Bertz CT molecular complexity index is 888. The summed E-state index contributed by atoms with van der Waals surface area (Å²) in [7, 11) is 0. The molecular weight excluding hydrogens is 374 g/mol. The second-order valence-corrected chi connectivity index (χ2v) is 8.82. The predicted molar refractivity (Wildman–Crippen MR) is 118 cm³/mol. The van der Waals surface area contributed by atoms with Gasteiger partial charge in [0.25, 0.3) is 5.91 Å². The Balaban J connectivity index is 1.34. The van der Waals surface area contributed by atoms with E-state index in [1.54, 1.807) is 4.90 Å². The van der Waals surface area contributed by atoms with Crippen molar-refractivity contribution in [3.63, 3.8) is 0 Å². The van der Waals surface area contributed by atoms with Crippen molar-refractivity contribution < 1.29 is 9.59 Å². The van der Waals surface area contributed by atoms with Crippen molar-refractivity contribution in [3.05, 3.63) is 71.3 Å². The second kappa shape index (κ2) is 9.00. The smallest absolute Gasteiger partial charge is 0.255 e. The van der Waals surface area contributed by atoms with Gasteiger partial charge in [0, 0.05) is 37.8 Å². The number of carbonyl (C=O) groups is 2. The Morgan fingerprint density at radius 3 is 2.37 bits per heavy atom. The number of nitrogens with one attached hydrogen (secondary N) is 1. The van der Waals surface area contributed by atoms with E-state index in [0.717, 1.165) is 43.6 Å². The van der Waals surface area contributed by atoms with Crippen LogP contribution in [0.4, 0.5) is 0 Å². The molecule has 2 aromatic rings. The zero-order valence-corrected chi connectivity index (χ0v) is 17.9. The summed E-state index contributed by atoms with van der Waals surface area (Å²) in [6.45, 7) is 7.45. The quantitative estimate of drug-likeness (QED) is 0.801. The maximum atomic E-state index is 13.2. The van der Waals surface area contributed by atoms with Gasteiger partial charge < -0.3 is 10.2 Å². The first kappa shape index (κ1) is 20.6. The van der Waals surface area contributed by atoms with Crippen molar-refractivity contribution in [2.75, 3.05) is 13.1 Å². The Morgan fingerprint density at radius 2 is 1.70 bits per heavy atom. The largest absolute Gasteiger partial charge is 0.351 e. The lowest BCUT2D eigenvalue weighted by molar-refractivity contribution is -0.128. The van der Waals surface area contributed by atoms with Crippen LogP contribution in [0.1, 0.15) is 48.2 Å². The van der Waals surface area contributed by atoms with E-state index in [1.807, 2.05) is 44.2 Å². The number of likely N-dealkylation sites (tertiary alicyclic amines) is 1. The molecule has 0 radical (unpaired) electrons. The first-order valence-electron chi connectivity index (χ1n) is 11.0. The molecule has 0 aliphatic carbocycles. The number of benzene rings is 2. The lowest BCUT2D eigenvalue weighted by Gasteiger charge is -2.35. The number of hydrogen-bond acceptors (Lipinski definition) is 3. The molecule has 158 valence electrons. The highest BCUT2D eigenvalue weighted by molar-refractivity contribution is 6.01. The van der Waals surface area contributed by atoms with Crippen molar-refractivity contribution in [2.45, 2.75) is 51.9 Å². The Labute approximate surface area is 179 Å². The second-order valence-electron chi connectivity index (χ2n) is 8.82. The van der Waals surface area contributed by atoms with E-state index in [4.69, 9.17) is 0 Å². The molecule has 4 rings (SSSR count). The molecule has 2 heterocycles. The molecule has 2 amide bonds. The Hall–Kier alpha value is -2.66. The van der Waals surface area contributed by atoms with Gasteiger partial charge in [-0.25, -0.2) is 0 Å². The molecule has 5 heteroatoms. The van der Waals surface area contributed by atoms with Gasteiger partial charge in [-0.05, 0) is 36.0 Å². The van der Waals surface area contributed by atoms with Crippen molar-refractivity contribution >= 4 is 11.8 Å². The number of nitrogens with zero attached hydrogens (tertiary/aromatic N) is 2. The number of piperidine rings is 1. The zero-order valence-electron chi connectivity index (χ0n) is 17.9. The highest BCUT2D eigenvalue weighted by Crippen LogP contribution is 2.27. The van der Waals surface area contributed by atoms with E-state index < -0.39 is 6.04 Å². The molecule has 0 bridgehead atoms. The number of rotatable bonds is 6. The first-order valence-corrected chi connectivity index (χ1v) is 11.0. The molecule has 0 spiro atoms. The average Bonchev–Trinajstić information content (AvgIpc) is 3.06. The maximum absolute atomic E-state index is 13.2. The van der Waals surface area contributed by atoms with E-state index >= 15 is 0 Å². The number of carbonyl (C=O) groups excluding carboxylic acids is 2. The van der Waals surface area contributed by atoms with Crippen LogP contribution < -0.4 is 5.32 Å². The highest BCUT2D eigenvalue weighted by Gasteiger charge is 2.38. The van der Waals surface area contributed by atoms with E-state index in [0.29, 0.717) is 6.54 Å². The molecule has 5 nitrogen and oxygen atoms in total. The fourth-order valence-corrected chi connectivity index (χ4v) is 4.67. The van der Waals surface area contributed by atoms with Crippen molar-refractivity contribution in [2.24, 2.45) is 5.92 Å². The van der Waals surface area contributed by atoms with Crippen LogP contribution in [-0.2, 0) is 17.9 Å². The molecular formula is C25H31N3O2. The fourth-order valence-electron chi connectivity index (χ4n) is 4.67. The zero-order chi connectivity index (χ0) is 21.1. The standard InChI is InChI=1S/C25H31N3O2/c1-18(2)23(28-17-20-10-6-7-11-22(20)25(28)30)24(29)26-21-12-14-27(15-13-21)16-19-8-4-3-5-9-19/h3-11,18,21,23H,12-17H2,1-2H3,(H,26,29)/t23-/m1/s1. The molecule has 0 saturated carbocycles. The van der Waals surface area contributed by atoms with E-state index in [9.17, 15) is 9.59 Å². The lowest BCUT2D eigenvalue weighted by Crippen LogP contribution is -2.54. The van der Waals surface area contributed by atoms with Gasteiger partial charge in [-0.1, -0.05) is 62.4 Å². The molecule has 1 N–H and O–H groups in total. The van der Waals surface area contributed by atoms with Gasteiger partial charge in [0.2, 0.25) is 5.91 Å². The van der Waals surface area contributed by atoms with Crippen LogP contribution in [0, 0.1) is 5.92 Å². The predicted octanol–water partition coefficient (Wildman–Crippen LogP) is 3.45. The van der Waals surface area contributed by atoms with Crippen LogP contribution >= 0.6 is 0 Å². The van der Waals surface area contributed by atoms with E-state index in [1.165, 1.54) is 5.56 Å². The third-order valence-corrected chi connectivity index (χ3v) is 6.27. The van der Waals surface area contributed by atoms with Crippen molar-refractivity contribution in [1.82, 2.24) is 15.1 Å². The first-order chi connectivity index (χ1) is 14.5. The number of fused-ring (bicyclic) bond motifs is 1. The lowest BCUT2D eigenvalue weighted by atomic mass is 9.99. The number of amides is 2. The maximum Gasteiger partial charge on any atom is 0.255 e. The van der Waals surface area contributed by atoms with Crippen LogP contribution in [0.5, 0.6) is 0 Å². The minimum atomic E-state index is -0.438. The van der Waals surface area contributed by atoms with Gasteiger partial charge in [0.15, 0.2) is 0 Å². The van der Waals surface area contributed by atoms with Crippen molar-refractivity contribution in [1.29, 1.82) is 0 Å². The molecule has 1 fully saturated rings. The Kier molecular flexibility index (Phi) is 6.18. The highest BCUT2D eigenvalue weighted by atomic mass is 16.2. The van der Waals surface area contributed by atoms with Crippen LogP contribution in [0.3, 0.4) is 0 Å². The molecule has 0 unspecified atom stereocenters. The summed E-state index contributed by atoms with van der Waals surface area (Å²) in [5, 5.41) is 3.25. The molecule has 2 aliphatic heterocycles. The van der Waals surface area contributed by atoms with Crippen LogP contribution in [-0.4, -0.2) is 46.8 Å². The van der Waals surface area contributed by atoms with Crippen LogP contribution in [0.25, 0.3) is 0 Å². The average molecular weight is 406 g/mol. The van der Waals surface area contributed by atoms with Gasteiger partial charge in [0.05, 0.1) is 0 Å². The molecule has 2 aromatic carbocycles. The van der Waals surface area contributed by atoms with E-state index in [2.05, 4.69) is 34.5 Å². The molecule has 1 saturated heterocycles. The third kappa shape index (κ3) is 4.41. The minimum Gasteiger partial charge on any atom is -0.351 e. The monoisotopic (exact) mass is 405 g/mol. The molecule has 2 aliphatic rings. The van der Waals surface area contributed by atoms with Crippen LogP contribution in [0.2, 0.25) is 0 Å². The Morgan fingerprint density at radius 1 is 1.03 bits per heavy atom. The normalized spacial score (nSPS) is 18.5. The topological polar surface area (TPSA) is 52.7 Å². The van der Waals surface area contributed by atoms with Crippen molar-refractivity contribution in [3.8, 4) is 0 Å². The minimum absolute atomic E-state index is 0.0207. The molecule has 0 aromatic heterocycles. The van der Waals surface area contributed by atoms with Gasteiger partial charge in [-0.3, -0.25) is 14.5 Å². The SMILES string of the molecule is CC(C)[C@H](C(=O)NC1CCN(Cc2ccccc2)CC1)N1Cc2ccccc2C1=O. The van der Waals surface area contributed by atoms with Gasteiger partial charge >= 0.3 is 0 Å². The summed E-state index contributed by atoms with van der Waals surface area (Å²) in [5.74, 6) is 0.00577. The summed E-state index contributed by atoms with van der Waals surface area (Å²) in [6, 6.07) is 17.9. The summed E-state index contributed by atoms with van der Waals surface area (Å²) < 4.78 is 0. The van der Waals surface area contributed by atoms with Gasteiger partial charge in [-0.2, -0.15) is 0 Å². The van der Waals surface area contributed by atoms with E-state index in [-0.39, 0.29) is 23.8 Å². The van der Waals surface area contributed by atoms with Gasteiger partial charge in [-0.15, -0.1) is 0 Å². The summed E-state index contributed by atoms with van der Waals surface area (Å²) in [5.41, 5.74) is 3.06.